The van der Waals surface area contributed by atoms with E-state index in [-0.39, 0.29) is 0 Å². The number of carbonyl (C=O) groups is 1. The first-order valence-electron chi connectivity index (χ1n) is 4.87. The third-order valence-corrected chi connectivity index (χ3v) is 2.14. The van der Waals surface area contributed by atoms with E-state index in [4.69, 9.17) is 5.11 Å². The summed E-state index contributed by atoms with van der Waals surface area (Å²) in [4.78, 5) is 10.2. The van der Waals surface area contributed by atoms with Gasteiger partial charge in [-0.2, -0.15) is 0 Å². The molecule has 15 heavy (non-hydrogen) atoms. The Kier molecular flexibility index (Phi) is 4.41. The summed E-state index contributed by atoms with van der Waals surface area (Å²) in [6.07, 6.45) is 3.45. The van der Waals surface area contributed by atoms with Gasteiger partial charge in [-0.3, -0.25) is 0 Å². The molecule has 0 aliphatic carbocycles. The van der Waals surface area contributed by atoms with Gasteiger partial charge in [0.15, 0.2) is 0 Å². The average molecular weight is 205 g/mol. The number of aryl methyl sites for hydroxylation is 1. The van der Waals surface area contributed by atoms with Crippen LogP contribution in [0.15, 0.2) is 36.5 Å². The zero-order valence-electron chi connectivity index (χ0n) is 8.73. The fourth-order valence-corrected chi connectivity index (χ4v) is 1.31. The summed E-state index contributed by atoms with van der Waals surface area (Å²) in [5.74, 6) is -0.932. The summed E-state index contributed by atoms with van der Waals surface area (Å²) in [6, 6.07) is 8.17. The fourth-order valence-electron chi connectivity index (χ4n) is 1.31. The van der Waals surface area contributed by atoms with Crippen molar-refractivity contribution in [3.8, 4) is 0 Å². The van der Waals surface area contributed by atoms with E-state index in [2.05, 4.69) is 24.4 Å². The van der Waals surface area contributed by atoms with Crippen LogP contribution in [0.3, 0.4) is 0 Å². The lowest BCUT2D eigenvalue weighted by Crippen LogP contribution is -2.11. The van der Waals surface area contributed by atoms with Crippen LogP contribution in [0.2, 0.25) is 0 Å². The third kappa shape index (κ3) is 4.31. The number of hydrogen-bond donors (Lipinski definition) is 2. The van der Waals surface area contributed by atoms with Gasteiger partial charge in [0.1, 0.15) is 0 Å². The highest BCUT2D eigenvalue weighted by atomic mass is 16.4. The van der Waals surface area contributed by atoms with Gasteiger partial charge in [-0.05, 0) is 24.5 Å². The molecule has 0 unspecified atom stereocenters. The number of carboxylic acids is 1. The normalized spacial score (nSPS) is 10.5. The zero-order valence-corrected chi connectivity index (χ0v) is 8.73. The van der Waals surface area contributed by atoms with Gasteiger partial charge in [-0.1, -0.05) is 24.3 Å². The molecule has 0 heterocycles. The van der Waals surface area contributed by atoms with Crippen molar-refractivity contribution < 1.29 is 9.90 Å². The summed E-state index contributed by atoms with van der Waals surface area (Å²) in [5.41, 5.74) is 2.55. The number of hydrogen-bond acceptors (Lipinski definition) is 2. The number of rotatable bonds is 5. The number of nitrogens with one attached hydrogen (secondary N) is 1. The molecule has 1 rings (SSSR count). The molecule has 1 aromatic rings. The minimum Gasteiger partial charge on any atom is -0.478 e. The SMILES string of the molecule is Cc1ccccc1CCN/C=C/C(=O)O. The molecule has 0 bridgehead atoms. The maximum atomic E-state index is 10.2. The summed E-state index contributed by atoms with van der Waals surface area (Å²) in [6.45, 7) is 2.82. The van der Waals surface area contributed by atoms with E-state index in [1.54, 1.807) is 0 Å². The molecule has 0 amide bonds. The predicted molar refractivity (Wildman–Crippen MR) is 59.7 cm³/mol. The molecule has 0 saturated heterocycles. The molecule has 0 spiro atoms. The standard InChI is InChI=1S/C12H15NO2/c1-10-4-2-3-5-11(10)6-8-13-9-7-12(14)15/h2-5,7,9,13H,6,8H2,1H3,(H,14,15)/b9-7+. The molecule has 0 saturated carbocycles. The second-order valence-electron chi connectivity index (χ2n) is 3.30. The Morgan fingerprint density at radius 2 is 2.20 bits per heavy atom. The van der Waals surface area contributed by atoms with Gasteiger partial charge in [0.25, 0.3) is 0 Å². The van der Waals surface area contributed by atoms with Crippen LogP contribution in [-0.2, 0) is 11.2 Å². The van der Waals surface area contributed by atoms with Crippen LogP contribution in [0.25, 0.3) is 0 Å². The Bertz CT molecular complexity index is 358. The lowest BCUT2D eigenvalue weighted by Gasteiger charge is -2.04. The van der Waals surface area contributed by atoms with Crippen molar-refractivity contribution in [1.29, 1.82) is 0 Å². The molecule has 2 N–H and O–H groups in total. The predicted octanol–water partition coefficient (Wildman–Crippen LogP) is 1.73. The molecule has 80 valence electrons. The first kappa shape index (κ1) is 11.3. The van der Waals surface area contributed by atoms with E-state index < -0.39 is 5.97 Å². The smallest absolute Gasteiger partial charge is 0.329 e. The van der Waals surface area contributed by atoms with E-state index in [9.17, 15) is 4.79 Å². The summed E-state index contributed by atoms with van der Waals surface area (Å²) in [7, 11) is 0. The Hall–Kier alpha value is -1.77. The van der Waals surface area contributed by atoms with Gasteiger partial charge >= 0.3 is 5.97 Å². The number of carboxylic acid groups (broad SMARTS) is 1. The lowest BCUT2D eigenvalue weighted by molar-refractivity contribution is -0.131. The van der Waals surface area contributed by atoms with Crippen LogP contribution in [0.1, 0.15) is 11.1 Å². The van der Waals surface area contributed by atoms with E-state index in [1.165, 1.54) is 17.3 Å². The Balaban J connectivity index is 2.32. The Morgan fingerprint density at radius 1 is 1.47 bits per heavy atom. The topological polar surface area (TPSA) is 49.3 Å². The van der Waals surface area contributed by atoms with E-state index in [0.717, 1.165) is 19.0 Å². The van der Waals surface area contributed by atoms with Crippen molar-refractivity contribution in [2.24, 2.45) is 0 Å². The fraction of sp³-hybridized carbons (Fsp3) is 0.250. The van der Waals surface area contributed by atoms with Gasteiger partial charge in [-0.15, -0.1) is 0 Å². The van der Waals surface area contributed by atoms with Crippen LogP contribution in [0, 0.1) is 6.92 Å². The van der Waals surface area contributed by atoms with Crippen molar-refractivity contribution in [2.45, 2.75) is 13.3 Å². The van der Waals surface area contributed by atoms with Crippen molar-refractivity contribution in [1.82, 2.24) is 5.32 Å². The molecule has 0 aliphatic rings. The molecule has 3 nitrogen and oxygen atoms in total. The molecule has 0 aromatic heterocycles. The molecule has 0 radical (unpaired) electrons. The number of benzene rings is 1. The average Bonchev–Trinajstić information content (AvgIpc) is 2.20. The monoisotopic (exact) mass is 205 g/mol. The Labute approximate surface area is 89.4 Å². The van der Waals surface area contributed by atoms with Gasteiger partial charge in [0, 0.05) is 18.8 Å². The van der Waals surface area contributed by atoms with Crippen LogP contribution >= 0.6 is 0 Å². The molecule has 0 fully saturated rings. The lowest BCUT2D eigenvalue weighted by atomic mass is 10.1. The first-order valence-corrected chi connectivity index (χ1v) is 4.87. The Morgan fingerprint density at radius 3 is 2.87 bits per heavy atom. The maximum absolute atomic E-state index is 10.2. The molecular formula is C12H15NO2. The van der Waals surface area contributed by atoms with Crippen molar-refractivity contribution in [2.75, 3.05) is 6.54 Å². The summed E-state index contributed by atoms with van der Waals surface area (Å²) < 4.78 is 0. The second kappa shape index (κ2) is 5.86. The zero-order chi connectivity index (χ0) is 11.1. The van der Waals surface area contributed by atoms with Gasteiger partial charge in [-0.25, -0.2) is 4.79 Å². The molecule has 3 heteroatoms. The van der Waals surface area contributed by atoms with Crippen LogP contribution < -0.4 is 5.32 Å². The van der Waals surface area contributed by atoms with E-state index >= 15 is 0 Å². The highest BCUT2D eigenvalue weighted by Crippen LogP contribution is 2.06. The van der Waals surface area contributed by atoms with Gasteiger partial charge in [0.2, 0.25) is 0 Å². The van der Waals surface area contributed by atoms with E-state index in [1.807, 2.05) is 12.1 Å². The largest absolute Gasteiger partial charge is 0.478 e. The van der Waals surface area contributed by atoms with Crippen molar-refractivity contribution in [3.05, 3.63) is 47.7 Å². The van der Waals surface area contributed by atoms with Gasteiger partial charge in [0.05, 0.1) is 0 Å². The minimum absolute atomic E-state index is 0.745. The first-order chi connectivity index (χ1) is 7.20. The number of aliphatic carboxylic acids is 1. The quantitative estimate of drug-likeness (QED) is 0.568. The highest BCUT2D eigenvalue weighted by molar-refractivity contribution is 5.79. The summed E-state index contributed by atoms with van der Waals surface area (Å²) in [5, 5.41) is 11.3. The molecule has 0 aliphatic heterocycles. The highest BCUT2D eigenvalue weighted by Gasteiger charge is 1.94. The van der Waals surface area contributed by atoms with Crippen LogP contribution in [0.4, 0.5) is 0 Å². The van der Waals surface area contributed by atoms with Crippen molar-refractivity contribution in [3.63, 3.8) is 0 Å². The summed E-state index contributed by atoms with van der Waals surface area (Å²) >= 11 is 0. The third-order valence-electron chi connectivity index (χ3n) is 2.14. The van der Waals surface area contributed by atoms with E-state index in [0.29, 0.717) is 0 Å². The van der Waals surface area contributed by atoms with Crippen LogP contribution in [-0.4, -0.2) is 17.6 Å². The maximum Gasteiger partial charge on any atom is 0.329 e. The molecular weight excluding hydrogens is 190 g/mol. The molecule has 1 aromatic carbocycles. The van der Waals surface area contributed by atoms with Crippen molar-refractivity contribution >= 4 is 5.97 Å². The molecule has 0 atom stereocenters. The minimum atomic E-state index is -0.932. The van der Waals surface area contributed by atoms with Crippen LogP contribution in [0.5, 0.6) is 0 Å². The second-order valence-corrected chi connectivity index (χ2v) is 3.30. The van der Waals surface area contributed by atoms with Gasteiger partial charge < -0.3 is 10.4 Å².